The average molecular weight is 215 g/mol. The number of hydrogen-bond acceptors (Lipinski definition) is 4. The van der Waals surface area contributed by atoms with Gasteiger partial charge in [-0.05, 0) is 32.2 Å². The van der Waals surface area contributed by atoms with Crippen LogP contribution in [0.4, 0.5) is 0 Å². The Morgan fingerprint density at radius 2 is 2.40 bits per heavy atom. The van der Waals surface area contributed by atoms with Crippen molar-refractivity contribution in [2.24, 2.45) is 0 Å². The molecular weight excluding hydrogens is 194 g/mol. The van der Waals surface area contributed by atoms with Gasteiger partial charge >= 0.3 is 5.97 Å². The third-order valence-electron chi connectivity index (χ3n) is 3.03. The molecule has 0 radical (unpaired) electrons. The van der Waals surface area contributed by atoms with Gasteiger partial charge in [0, 0.05) is 19.2 Å². The maximum absolute atomic E-state index is 11.0. The highest BCUT2D eigenvalue weighted by atomic mass is 16.5. The zero-order chi connectivity index (χ0) is 11.1. The van der Waals surface area contributed by atoms with Crippen molar-refractivity contribution in [3.8, 4) is 0 Å². The van der Waals surface area contributed by atoms with Crippen LogP contribution >= 0.6 is 0 Å². The molecule has 0 spiro atoms. The molecule has 1 rings (SSSR count). The molecule has 0 aromatic carbocycles. The van der Waals surface area contributed by atoms with Gasteiger partial charge in [0.1, 0.15) is 0 Å². The Morgan fingerprint density at radius 3 is 3.07 bits per heavy atom. The zero-order valence-corrected chi connectivity index (χ0v) is 9.45. The maximum Gasteiger partial charge on any atom is 0.306 e. The van der Waals surface area contributed by atoms with Gasteiger partial charge in [0.05, 0.1) is 13.5 Å². The summed E-state index contributed by atoms with van der Waals surface area (Å²) in [5, 5.41) is 8.78. The Morgan fingerprint density at radius 1 is 1.60 bits per heavy atom. The van der Waals surface area contributed by atoms with Crippen molar-refractivity contribution in [1.82, 2.24) is 4.90 Å². The zero-order valence-electron chi connectivity index (χ0n) is 9.45. The molecule has 0 amide bonds. The van der Waals surface area contributed by atoms with E-state index in [2.05, 4.69) is 9.64 Å². The fourth-order valence-corrected chi connectivity index (χ4v) is 2.18. The molecule has 88 valence electrons. The SMILES string of the molecule is COC(=O)CCN1CCCC1CCCO. The molecule has 15 heavy (non-hydrogen) atoms. The normalized spacial score (nSPS) is 21.9. The second-order valence-electron chi connectivity index (χ2n) is 4.02. The summed E-state index contributed by atoms with van der Waals surface area (Å²) in [4.78, 5) is 13.3. The van der Waals surface area contributed by atoms with Crippen LogP contribution in [0.25, 0.3) is 0 Å². The number of likely N-dealkylation sites (tertiary alicyclic amines) is 1. The molecule has 1 aliphatic heterocycles. The van der Waals surface area contributed by atoms with Crippen LogP contribution in [0.15, 0.2) is 0 Å². The molecule has 1 saturated heterocycles. The summed E-state index contributed by atoms with van der Waals surface area (Å²) in [7, 11) is 1.43. The van der Waals surface area contributed by atoms with Crippen LogP contribution in [-0.4, -0.2) is 48.8 Å². The van der Waals surface area contributed by atoms with Crippen molar-refractivity contribution in [3.63, 3.8) is 0 Å². The van der Waals surface area contributed by atoms with Crippen molar-refractivity contribution in [2.75, 3.05) is 26.8 Å². The molecule has 0 aromatic rings. The van der Waals surface area contributed by atoms with Gasteiger partial charge in [-0.1, -0.05) is 0 Å². The van der Waals surface area contributed by atoms with E-state index in [1.165, 1.54) is 20.0 Å². The predicted octanol–water partition coefficient (Wildman–Crippen LogP) is 0.786. The molecule has 1 unspecified atom stereocenters. The lowest BCUT2D eigenvalue weighted by molar-refractivity contribution is -0.141. The minimum atomic E-state index is -0.136. The number of ether oxygens (including phenoxy) is 1. The molecule has 1 N–H and O–H groups in total. The van der Waals surface area contributed by atoms with Gasteiger partial charge in [0.15, 0.2) is 0 Å². The summed E-state index contributed by atoms with van der Waals surface area (Å²) >= 11 is 0. The second-order valence-corrected chi connectivity index (χ2v) is 4.02. The van der Waals surface area contributed by atoms with E-state index < -0.39 is 0 Å². The number of carbonyl (C=O) groups excluding carboxylic acids is 1. The highest BCUT2D eigenvalue weighted by molar-refractivity contribution is 5.69. The van der Waals surface area contributed by atoms with E-state index in [-0.39, 0.29) is 12.6 Å². The first-order valence-corrected chi connectivity index (χ1v) is 5.69. The summed E-state index contributed by atoms with van der Waals surface area (Å²) in [5.41, 5.74) is 0. The molecule has 4 heteroatoms. The Kier molecular flexibility index (Phi) is 5.65. The van der Waals surface area contributed by atoms with E-state index in [0.717, 1.165) is 25.9 Å². The number of rotatable bonds is 6. The Balaban J connectivity index is 2.23. The molecule has 1 fully saturated rings. The molecule has 0 saturated carbocycles. The smallest absolute Gasteiger partial charge is 0.306 e. The third-order valence-corrected chi connectivity index (χ3v) is 3.03. The minimum absolute atomic E-state index is 0.136. The van der Waals surface area contributed by atoms with Crippen molar-refractivity contribution in [2.45, 2.75) is 38.1 Å². The van der Waals surface area contributed by atoms with Crippen LogP contribution in [0.3, 0.4) is 0 Å². The van der Waals surface area contributed by atoms with Crippen LogP contribution in [-0.2, 0) is 9.53 Å². The molecule has 1 atom stereocenters. The summed E-state index contributed by atoms with van der Waals surface area (Å²) in [6.45, 7) is 2.14. The lowest BCUT2D eigenvalue weighted by Gasteiger charge is -2.23. The molecule has 0 aromatic heterocycles. The molecule has 4 nitrogen and oxygen atoms in total. The van der Waals surface area contributed by atoms with E-state index >= 15 is 0 Å². The topological polar surface area (TPSA) is 49.8 Å². The highest BCUT2D eigenvalue weighted by Gasteiger charge is 2.23. The number of nitrogens with zero attached hydrogens (tertiary/aromatic N) is 1. The number of esters is 1. The van der Waals surface area contributed by atoms with Crippen LogP contribution in [0.5, 0.6) is 0 Å². The first-order valence-electron chi connectivity index (χ1n) is 5.69. The summed E-state index contributed by atoms with van der Waals surface area (Å²) in [6, 6.07) is 0.557. The second kappa shape index (κ2) is 6.80. The Labute approximate surface area is 91.2 Å². The lowest BCUT2D eigenvalue weighted by Crippen LogP contribution is -2.31. The van der Waals surface area contributed by atoms with Crippen molar-refractivity contribution in [1.29, 1.82) is 0 Å². The number of aliphatic hydroxyl groups excluding tert-OH is 1. The van der Waals surface area contributed by atoms with Gasteiger partial charge in [-0.15, -0.1) is 0 Å². The number of hydrogen-bond donors (Lipinski definition) is 1. The van der Waals surface area contributed by atoms with Gasteiger partial charge in [-0.25, -0.2) is 0 Å². The minimum Gasteiger partial charge on any atom is -0.469 e. The maximum atomic E-state index is 11.0. The van der Waals surface area contributed by atoms with E-state index in [9.17, 15) is 4.79 Å². The Hall–Kier alpha value is -0.610. The first kappa shape index (κ1) is 12.5. The van der Waals surface area contributed by atoms with Gasteiger partial charge in [0.25, 0.3) is 0 Å². The molecule has 0 aliphatic carbocycles. The molecule has 0 bridgehead atoms. The quantitative estimate of drug-likeness (QED) is 0.665. The third kappa shape index (κ3) is 4.18. The van der Waals surface area contributed by atoms with Crippen molar-refractivity contribution < 1.29 is 14.6 Å². The lowest BCUT2D eigenvalue weighted by atomic mass is 10.1. The monoisotopic (exact) mass is 215 g/mol. The fraction of sp³-hybridized carbons (Fsp3) is 0.909. The van der Waals surface area contributed by atoms with E-state index in [1.54, 1.807) is 0 Å². The van der Waals surface area contributed by atoms with Crippen LogP contribution < -0.4 is 0 Å². The predicted molar refractivity (Wildman–Crippen MR) is 57.5 cm³/mol. The van der Waals surface area contributed by atoms with E-state index in [0.29, 0.717) is 12.5 Å². The number of aliphatic hydroxyl groups is 1. The molecule has 1 aliphatic rings. The summed E-state index contributed by atoms with van der Waals surface area (Å²) < 4.78 is 4.62. The van der Waals surface area contributed by atoms with Gasteiger partial charge in [-0.3, -0.25) is 9.69 Å². The van der Waals surface area contributed by atoms with Crippen molar-refractivity contribution >= 4 is 5.97 Å². The first-order chi connectivity index (χ1) is 7.27. The molecule has 1 heterocycles. The van der Waals surface area contributed by atoms with Crippen LogP contribution in [0, 0.1) is 0 Å². The number of carbonyl (C=O) groups is 1. The summed E-state index contributed by atoms with van der Waals surface area (Å²) in [6.07, 6.45) is 4.78. The fourth-order valence-electron chi connectivity index (χ4n) is 2.18. The van der Waals surface area contributed by atoms with Crippen molar-refractivity contribution in [3.05, 3.63) is 0 Å². The standard InChI is InChI=1S/C11H21NO3/c1-15-11(14)6-8-12-7-2-4-10(12)5-3-9-13/h10,13H,2-9H2,1H3. The Bertz CT molecular complexity index is 196. The van der Waals surface area contributed by atoms with Gasteiger partial charge in [0.2, 0.25) is 0 Å². The van der Waals surface area contributed by atoms with Gasteiger partial charge in [-0.2, -0.15) is 0 Å². The number of methoxy groups -OCH3 is 1. The highest BCUT2D eigenvalue weighted by Crippen LogP contribution is 2.21. The van der Waals surface area contributed by atoms with Crippen LogP contribution in [0.1, 0.15) is 32.1 Å². The average Bonchev–Trinajstić information content (AvgIpc) is 2.70. The van der Waals surface area contributed by atoms with E-state index in [1.807, 2.05) is 0 Å². The van der Waals surface area contributed by atoms with Gasteiger partial charge < -0.3 is 9.84 Å². The molecular formula is C11H21NO3. The van der Waals surface area contributed by atoms with E-state index in [4.69, 9.17) is 5.11 Å². The summed E-state index contributed by atoms with van der Waals surface area (Å²) in [5.74, 6) is -0.136. The largest absolute Gasteiger partial charge is 0.469 e. The van der Waals surface area contributed by atoms with Crippen LogP contribution in [0.2, 0.25) is 0 Å².